The number of hydrogen-bond acceptors (Lipinski definition) is 7. The van der Waals surface area contributed by atoms with Gasteiger partial charge in [0.1, 0.15) is 11.6 Å². The quantitative estimate of drug-likeness (QED) is 0.510. The summed E-state index contributed by atoms with van der Waals surface area (Å²) in [7, 11) is -3.31. The van der Waals surface area contributed by atoms with Crippen LogP contribution in [-0.4, -0.2) is 24.9 Å². The number of anilines is 1. The zero-order valence-corrected chi connectivity index (χ0v) is 17.1. The molecule has 0 spiro atoms. The number of aliphatic imine (C=N–C) groups is 1. The molecule has 0 saturated carbocycles. The van der Waals surface area contributed by atoms with Crippen LogP contribution in [0.4, 0.5) is 5.82 Å². The van der Waals surface area contributed by atoms with E-state index in [2.05, 4.69) is 28.4 Å². The summed E-state index contributed by atoms with van der Waals surface area (Å²) in [6, 6.07) is 9.70. The molecule has 0 saturated heterocycles. The smallest absolute Gasteiger partial charge is 0.178 e. The molecule has 150 valence electrons. The summed E-state index contributed by atoms with van der Waals surface area (Å²) in [4.78, 5) is 8.51. The Morgan fingerprint density at radius 3 is 2.31 bits per heavy atom. The first-order chi connectivity index (χ1) is 13.6. The van der Waals surface area contributed by atoms with E-state index in [4.69, 9.17) is 17.2 Å². The lowest BCUT2D eigenvalue weighted by Gasteiger charge is -2.10. The monoisotopic (exact) mass is 409 g/mol. The number of pyridine rings is 1. The summed E-state index contributed by atoms with van der Waals surface area (Å²) in [5, 5.41) is 0. The van der Waals surface area contributed by atoms with Gasteiger partial charge in [-0.2, -0.15) is 0 Å². The first kappa shape index (κ1) is 21.7. The molecule has 0 fully saturated rings. The summed E-state index contributed by atoms with van der Waals surface area (Å²) in [5.41, 5.74) is 19.9. The van der Waals surface area contributed by atoms with Crippen molar-refractivity contribution in [3.05, 3.63) is 77.4 Å². The van der Waals surface area contributed by atoms with Crippen molar-refractivity contribution in [3.63, 3.8) is 0 Å². The molecule has 6 N–H and O–H groups in total. The second kappa shape index (κ2) is 9.08. The molecule has 2 rings (SSSR count). The van der Waals surface area contributed by atoms with Crippen LogP contribution in [-0.2, 0) is 9.84 Å². The lowest BCUT2D eigenvalue weighted by atomic mass is 10.0. The topological polar surface area (TPSA) is 137 Å². The average Bonchev–Trinajstić information content (AvgIpc) is 2.68. The lowest BCUT2D eigenvalue weighted by Crippen LogP contribution is -2.12. The molecule has 7 nitrogen and oxygen atoms in total. The van der Waals surface area contributed by atoms with E-state index in [9.17, 15) is 8.42 Å². The van der Waals surface area contributed by atoms with Gasteiger partial charge in [-0.1, -0.05) is 37.5 Å². The van der Waals surface area contributed by atoms with Gasteiger partial charge in [-0.15, -0.1) is 0 Å². The van der Waals surface area contributed by atoms with E-state index in [0.717, 1.165) is 0 Å². The van der Waals surface area contributed by atoms with E-state index >= 15 is 0 Å². The van der Waals surface area contributed by atoms with Crippen LogP contribution >= 0.6 is 0 Å². The molecule has 29 heavy (non-hydrogen) atoms. The maximum Gasteiger partial charge on any atom is 0.178 e. The van der Waals surface area contributed by atoms with Crippen LogP contribution in [0.2, 0.25) is 0 Å². The summed E-state index contributed by atoms with van der Waals surface area (Å²) < 4.78 is 24.1. The summed E-state index contributed by atoms with van der Waals surface area (Å²) >= 11 is 0. The van der Waals surface area contributed by atoms with Gasteiger partial charge in [-0.05, 0) is 31.2 Å². The molecule has 0 radical (unpaired) electrons. The van der Waals surface area contributed by atoms with Crippen molar-refractivity contribution in [1.29, 1.82) is 0 Å². The molecule has 1 heterocycles. The van der Waals surface area contributed by atoms with Crippen LogP contribution < -0.4 is 17.2 Å². The van der Waals surface area contributed by atoms with Crippen molar-refractivity contribution >= 4 is 21.4 Å². The third kappa shape index (κ3) is 5.70. The molecule has 0 aliphatic rings. The van der Waals surface area contributed by atoms with Gasteiger partial charge in [0.25, 0.3) is 0 Å². The third-order valence-electron chi connectivity index (χ3n) is 3.87. The zero-order chi connectivity index (χ0) is 21.6. The largest absolute Gasteiger partial charge is 0.401 e. The van der Waals surface area contributed by atoms with Crippen molar-refractivity contribution < 1.29 is 8.42 Å². The van der Waals surface area contributed by atoms with Gasteiger partial charge in [-0.3, -0.25) is 0 Å². The van der Waals surface area contributed by atoms with Gasteiger partial charge < -0.3 is 17.2 Å². The van der Waals surface area contributed by atoms with Crippen LogP contribution in [0.1, 0.15) is 25.0 Å². The van der Waals surface area contributed by atoms with Crippen LogP contribution in [0, 0.1) is 11.8 Å². The Morgan fingerprint density at radius 2 is 1.83 bits per heavy atom. The normalized spacial score (nSPS) is 12.6. The number of nitrogens with zero attached hydrogens (tertiary/aromatic N) is 2. The summed E-state index contributed by atoms with van der Waals surface area (Å²) in [6.45, 7) is 6.90. The fourth-order valence-corrected chi connectivity index (χ4v) is 3.24. The van der Waals surface area contributed by atoms with E-state index in [1.165, 1.54) is 12.1 Å². The minimum atomic E-state index is -3.31. The standard InChI is InChI=1S/C21H23N5O2S/c1-4-29(27,28)18-9-7-17(8-10-18)21(26-15(3)23)19(14(2)22)11-5-16-6-12-20(24)25-13-16/h6-10,12-13H,3-4,22-23H2,1-2H3,(H2,24,25)/b19-14-,26-21?. The Hall–Kier alpha value is -3.57. The highest BCUT2D eigenvalue weighted by Crippen LogP contribution is 2.17. The third-order valence-corrected chi connectivity index (χ3v) is 5.62. The van der Waals surface area contributed by atoms with Crippen LogP contribution in [0.15, 0.2) is 76.2 Å². The van der Waals surface area contributed by atoms with E-state index in [1.54, 1.807) is 44.3 Å². The van der Waals surface area contributed by atoms with Gasteiger partial charge in [0.05, 0.1) is 21.9 Å². The minimum Gasteiger partial charge on any atom is -0.401 e. The highest BCUT2D eigenvalue weighted by atomic mass is 32.2. The molecule has 1 aromatic carbocycles. The molecule has 0 atom stereocenters. The Morgan fingerprint density at radius 1 is 1.17 bits per heavy atom. The molecular formula is C21H23N5O2S. The maximum atomic E-state index is 12.1. The van der Waals surface area contributed by atoms with E-state index in [1.807, 2.05) is 0 Å². The van der Waals surface area contributed by atoms with Crippen molar-refractivity contribution in [1.82, 2.24) is 4.98 Å². The molecule has 2 aromatic rings. The van der Waals surface area contributed by atoms with Crippen molar-refractivity contribution in [3.8, 4) is 11.8 Å². The predicted molar refractivity (Wildman–Crippen MR) is 116 cm³/mol. The van der Waals surface area contributed by atoms with Gasteiger partial charge in [0.15, 0.2) is 9.84 Å². The number of benzene rings is 1. The lowest BCUT2D eigenvalue weighted by molar-refractivity contribution is 0.597. The van der Waals surface area contributed by atoms with Gasteiger partial charge in [-0.25, -0.2) is 18.4 Å². The van der Waals surface area contributed by atoms with E-state index in [-0.39, 0.29) is 16.5 Å². The second-order valence-corrected chi connectivity index (χ2v) is 8.44. The van der Waals surface area contributed by atoms with Crippen molar-refractivity contribution in [2.45, 2.75) is 18.7 Å². The Kier molecular flexibility index (Phi) is 6.80. The Bertz CT molecular complexity index is 1130. The van der Waals surface area contributed by atoms with Crippen molar-refractivity contribution in [2.24, 2.45) is 16.5 Å². The first-order valence-electron chi connectivity index (χ1n) is 8.70. The Labute approximate surface area is 171 Å². The molecule has 0 aliphatic heterocycles. The number of aromatic nitrogens is 1. The van der Waals surface area contributed by atoms with Crippen LogP contribution in [0.25, 0.3) is 0 Å². The molecule has 0 unspecified atom stereocenters. The molecule has 8 heteroatoms. The van der Waals surface area contributed by atoms with Gasteiger partial charge in [0, 0.05) is 23.0 Å². The number of sulfone groups is 1. The molecule has 0 bridgehead atoms. The number of rotatable bonds is 5. The SMILES string of the molecule is C=C(N)N=C(/C(C#Cc1ccc(N)nc1)=C(/C)N)c1ccc(S(=O)(=O)CC)cc1. The zero-order valence-electron chi connectivity index (χ0n) is 16.3. The number of nitrogens with two attached hydrogens (primary N) is 3. The van der Waals surface area contributed by atoms with E-state index in [0.29, 0.717) is 33.9 Å². The fourth-order valence-electron chi connectivity index (χ4n) is 2.35. The number of hydrogen-bond donors (Lipinski definition) is 3. The van der Waals surface area contributed by atoms with Crippen LogP contribution in [0.3, 0.4) is 0 Å². The Balaban J connectivity index is 2.54. The predicted octanol–water partition coefficient (Wildman–Crippen LogP) is 1.96. The highest BCUT2D eigenvalue weighted by molar-refractivity contribution is 7.91. The van der Waals surface area contributed by atoms with Crippen molar-refractivity contribution in [2.75, 3.05) is 11.5 Å². The van der Waals surface area contributed by atoms with Crippen LogP contribution in [0.5, 0.6) is 0 Å². The van der Waals surface area contributed by atoms with E-state index < -0.39 is 9.84 Å². The second-order valence-electron chi connectivity index (χ2n) is 6.16. The van der Waals surface area contributed by atoms with Gasteiger partial charge in [0.2, 0.25) is 0 Å². The summed E-state index contributed by atoms with van der Waals surface area (Å²) in [6.07, 6.45) is 1.55. The maximum absolute atomic E-state index is 12.1. The number of nitrogen functional groups attached to an aromatic ring is 1. The average molecular weight is 410 g/mol. The van der Waals surface area contributed by atoms with Gasteiger partial charge >= 0.3 is 0 Å². The minimum absolute atomic E-state index is 0.0149. The number of allylic oxidation sites excluding steroid dienone is 2. The molecule has 0 amide bonds. The molecule has 1 aromatic heterocycles. The fraction of sp³-hybridized carbons (Fsp3) is 0.143. The highest BCUT2D eigenvalue weighted by Gasteiger charge is 2.15. The summed E-state index contributed by atoms with van der Waals surface area (Å²) in [5.74, 6) is 6.44. The molecular weight excluding hydrogens is 386 g/mol. The first-order valence-corrected chi connectivity index (χ1v) is 10.4. The molecule has 0 aliphatic carbocycles.